The van der Waals surface area contributed by atoms with Crippen LogP contribution in [0.3, 0.4) is 0 Å². The van der Waals surface area contributed by atoms with E-state index in [4.69, 9.17) is 16.3 Å². The average Bonchev–Trinajstić information content (AvgIpc) is 3.11. The summed E-state index contributed by atoms with van der Waals surface area (Å²) in [5.41, 5.74) is 3.31. The van der Waals surface area contributed by atoms with Gasteiger partial charge in [-0.1, -0.05) is 47.8 Å². The zero-order valence-electron chi connectivity index (χ0n) is 17.8. The van der Waals surface area contributed by atoms with Crippen LogP contribution in [0.5, 0.6) is 5.75 Å². The van der Waals surface area contributed by atoms with Gasteiger partial charge in [0, 0.05) is 36.0 Å². The number of ether oxygens (including phenoxy) is 1. The van der Waals surface area contributed by atoms with Gasteiger partial charge in [0.1, 0.15) is 6.54 Å². The fourth-order valence-corrected chi connectivity index (χ4v) is 5.40. The molecule has 2 unspecified atom stereocenters. The van der Waals surface area contributed by atoms with E-state index in [1.54, 1.807) is 18.0 Å². The van der Waals surface area contributed by atoms with Crippen LogP contribution in [0, 0.1) is 11.7 Å². The molecule has 0 bridgehead atoms. The molecule has 5 nitrogen and oxygen atoms in total. The Hall–Kier alpha value is -2.22. The summed E-state index contributed by atoms with van der Waals surface area (Å²) < 4.78 is 21.6. The van der Waals surface area contributed by atoms with Gasteiger partial charge in [-0.25, -0.2) is 8.70 Å². The minimum absolute atomic E-state index is 0.00791. The van der Waals surface area contributed by atoms with Crippen molar-refractivity contribution in [3.05, 3.63) is 76.3 Å². The van der Waals surface area contributed by atoms with Gasteiger partial charge in [0.05, 0.1) is 12.6 Å². The number of hydrogen-bond donors (Lipinski definition) is 1. The van der Waals surface area contributed by atoms with E-state index in [2.05, 4.69) is 10.4 Å². The highest BCUT2D eigenvalue weighted by Gasteiger charge is 2.36. The minimum atomic E-state index is -0.846. The molecule has 0 amide bonds. The summed E-state index contributed by atoms with van der Waals surface area (Å²) in [6.45, 7) is 3.90. The molecular weight excluding hydrogens is 451 g/mol. The Morgan fingerprint density at radius 1 is 1.41 bits per heavy atom. The zero-order valence-corrected chi connectivity index (χ0v) is 19.4. The summed E-state index contributed by atoms with van der Waals surface area (Å²) in [6.07, 6.45) is 10.9. The number of nitrogens with zero attached hydrogens (tertiary/aromatic N) is 2. The molecule has 2 atom stereocenters. The van der Waals surface area contributed by atoms with Crippen LogP contribution in [-0.2, 0) is 10.5 Å². The molecule has 3 aliphatic rings. The Morgan fingerprint density at radius 2 is 2.25 bits per heavy atom. The average molecular weight is 477 g/mol. The van der Waals surface area contributed by atoms with Gasteiger partial charge in [0.15, 0.2) is 11.6 Å². The largest absolute Gasteiger partial charge is 0.491 e. The normalized spacial score (nSPS) is 22.8. The van der Waals surface area contributed by atoms with Crippen molar-refractivity contribution in [2.24, 2.45) is 5.92 Å². The van der Waals surface area contributed by atoms with E-state index in [0.717, 1.165) is 30.6 Å². The molecule has 1 aromatic rings. The number of halogens is 2. The smallest absolute Gasteiger partial charge is 0.323 e. The number of carboxylic acids is 1. The molecule has 1 aromatic carbocycles. The summed E-state index contributed by atoms with van der Waals surface area (Å²) in [6, 6.07) is 5.12. The number of fused-ring (bicyclic) bond motifs is 1. The molecule has 2 heterocycles. The van der Waals surface area contributed by atoms with Crippen LogP contribution in [0.2, 0.25) is 0 Å². The second-order valence-electron chi connectivity index (χ2n) is 7.92. The fourth-order valence-electron chi connectivity index (χ4n) is 4.28. The Kier molecular flexibility index (Phi) is 7.28. The quantitative estimate of drug-likeness (QED) is 0.535. The van der Waals surface area contributed by atoms with Gasteiger partial charge >= 0.3 is 5.97 Å². The van der Waals surface area contributed by atoms with Crippen LogP contribution in [0.4, 0.5) is 4.39 Å². The molecule has 1 N–H and O–H groups in total. The van der Waals surface area contributed by atoms with Crippen LogP contribution in [0.1, 0.15) is 18.9 Å². The Bertz CT molecular complexity index is 1010. The number of carbonyl (C=O) groups is 1. The van der Waals surface area contributed by atoms with Crippen LogP contribution in [-0.4, -0.2) is 52.6 Å². The lowest BCUT2D eigenvalue weighted by Crippen LogP contribution is -2.35. The van der Waals surface area contributed by atoms with Crippen molar-refractivity contribution >= 4 is 29.5 Å². The number of carboxylic acid groups (broad SMARTS) is 1. The second kappa shape index (κ2) is 10.1. The molecule has 0 saturated carbocycles. The minimum Gasteiger partial charge on any atom is -0.491 e. The van der Waals surface area contributed by atoms with Gasteiger partial charge in [-0.05, 0) is 48.3 Å². The first-order valence-corrected chi connectivity index (χ1v) is 12.0. The lowest BCUT2D eigenvalue weighted by molar-refractivity contribution is -0.137. The number of rotatable bonds is 8. The summed E-state index contributed by atoms with van der Waals surface area (Å²) in [5.74, 6) is -0.119. The van der Waals surface area contributed by atoms with E-state index < -0.39 is 5.97 Å². The molecular formula is C24H26ClFN2O3S. The molecule has 0 fully saturated rings. The van der Waals surface area contributed by atoms with Crippen molar-refractivity contribution < 1.29 is 19.0 Å². The summed E-state index contributed by atoms with van der Waals surface area (Å²) in [5, 5.41) is 9.95. The highest BCUT2D eigenvalue weighted by atomic mass is 35.5. The summed E-state index contributed by atoms with van der Waals surface area (Å²) >= 11 is 7.93. The van der Waals surface area contributed by atoms with E-state index in [9.17, 15) is 14.3 Å². The summed E-state index contributed by atoms with van der Waals surface area (Å²) in [4.78, 5) is 13.2. The van der Waals surface area contributed by atoms with Gasteiger partial charge in [-0.2, -0.15) is 0 Å². The molecule has 32 heavy (non-hydrogen) atoms. The highest BCUT2D eigenvalue weighted by Crippen LogP contribution is 2.40. The first kappa shape index (κ1) is 23.0. The molecule has 2 aliphatic heterocycles. The van der Waals surface area contributed by atoms with Crippen LogP contribution in [0.15, 0.2) is 64.9 Å². The maximum atomic E-state index is 14.1. The molecule has 0 spiro atoms. The van der Waals surface area contributed by atoms with Crippen LogP contribution < -0.4 is 4.74 Å². The van der Waals surface area contributed by atoms with Crippen LogP contribution in [0.25, 0.3) is 0 Å². The van der Waals surface area contributed by atoms with E-state index in [0.29, 0.717) is 23.1 Å². The topological polar surface area (TPSA) is 53.0 Å². The maximum absolute atomic E-state index is 14.1. The van der Waals surface area contributed by atoms with E-state index >= 15 is 0 Å². The molecule has 1 aliphatic carbocycles. The Morgan fingerprint density at radius 3 is 2.94 bits per heavy atom. The van der Waals surface area contributed by atoms with Crippen molar-refractivity contribution in [3.8, 4) is 5.75 Å². The lowest BCUT2D eigenvalue weighted by Gasteiger charge is -2.29. The molecule has 170 valence electrons. The lowest BCUT2D eigenvalue weighted by atomic mass is 9.85. The predicted molar refractivity (Wildman–Crippen MR) is 126 cm³/mol. The molecule has 8 heteroatoms. The van der Waals surface area contributed by atoms with E-state index in [-0.39, 0.29) is 24.3 Å². The van der Waals surface area contributed by atoms with Crippen molar-refractivity contribution in [2.45, 2.75) is 25.1 Å². The van der Waals surface area contributed by atoms with Crippen molar-refractivity contribution in [1.29, 1.82) is 0 Å². The van der Waals surface area contributed by atoms with Crippen molar-refractivity contribution in [1.82, 2.24) is 9.21 Å². The molecule has 0 saturated heterocycles. The monoisotopic (exact) mass is 476 g/mol. The van der Waals surface area contributed by atoms with E-state index in [1.807, 2.05) is 42.3 Å². The third-order valence-electron chi connectivity index (χ3n) is 5.78. The highest BCUT2D eigenvalue weighted by molar-refractivity contribution is 7.96. The second-order valence-corrected chi connectivity index (χ2v) is 9.42. The zero-order chi connectivity index (χ0) is 22.7. The summed E-state index contributed by atoms with van der Waals surface area (Å²) in [7, 11) is 0. The maximum Gasteiger partial charge on any atom is 0.323 e. The number of allylic oxidation sites excluding steroid dienone is 2. The number of aliphatic carboxylic acids is 1. The third-order valence-corrected chi connectivity index (χ3v) is 7.19. The fraction of sp³-hybridized carbons (Fsp3) is 0.375. The first-order valence-electron chi connectivity index (χ1n) is 10.7. The Balaban J connectivity index is 1.39. The first-order chi connectivity index (χ1) is 15.4. The van der Waals surface area contributed by atoms with Crippen molar-refractivity contribution in [3.63, 3.8) is 0 Å². The predicted octanol–water partition coefficient (Wildman–Crippen LogP) is 4.97. The molecule has 4 rings (SSSR count). The molecule has 0 radical (unpaired) electrons. The molecule has 0 aromatic heterocycles. The van der Waals surface area contributed by atoms with Gasteiger partial charge in [0.2, 0.25) is 0 Å². The van der Waals surface area contributed by atoms with Gasteiger partial charge in [0.25, 0.3) is 0 Å². The van der Waals surface area contributed by atoms with Gasteiger partial charge in [-0.15, -0.1) is 0 Å². The SMILES string of the molecule is CCOc1ccc(CSN2CC=C(C3=CN(CC(=O)O)C4C=CC(Cl)=CC34)CC2)cc1F. The third kappa shape index (κ3) is 5.22. The number of benzene rings is 1. The Labute approximate surface area is 197 Å². The standard InChI is InChI=1S/C24H26ClFN2O3S/c1-2-31-23-6-3-16(11-21(23)26)15-32-28-9-7-17(8-10-28)20-13-27(14-24(29)30)22-5-4-18(25)12-19(20)22/h3-7,11-13,19,22H,2,8-10,14-15H2,1H3,(H,29,30). The van der Waals surface area contributed by atoms with Crippen molar-refractivity contribution in [2.75, 3.05) is 26.2 Å². The van der Waals surface area contributed by atoms with Crippen LogP contribution >= 0.6 is 23.5 Å². The van der Waals surface area contributed by atoms with Gasteiger partial charge in [-0.3, -0.25) is 4.79 Å². The van der Waals surface area contributed by atoms with E-state index in [1.165, 1.54) is 11.6 Å². The van der Waals surface area contributed by atoms with Gasteiger partial charge < -0.3 is 14.7 Å². The number of hydrogen-bond acceptors (Lipinski definition) is 5.